The van der Waals surface area contributed by atoms with Gasteiger partial charge in [-0.05, 0) is 30.4 Å². The third-order valence-electron chi connectivity index (χ3n) is 3.95. The largest absolute Gasteiger partial charge is 0.469 e. The summed E-state index contributed by atoms with van der Waals surface area (Å²) in [5.74, 6) is -0.229. The molecule has 4 nitrogen and oxygen atoms in total. The molecule has 2 rings (SSSR count). The van der Waals surface area contributed by atoms with E-state index in [9.17, 15) is 9.90 Å². The van der Waals surface area contributed by atoms with Crippen molar-refractivity contribution < 1.29 is 14.6 Å². The number of carbonyl (C=O) groups excluding carboxylic acids is 1. The molecule has 0 saturated heterocycles. The molecule has 1 aromatic rings. The van der Waals surface area contributed by atoms with E-state index in [1.54, 1.807) is 0 Å². The van der Waals surface area contributed by atoms with Gasteiger partial charge in [-0.3, -0.25) is 4.79 Å². The lowest BCUT2D eigenvalue weighted by Gasteiger charge is -2.41. The number of hydrogen-bond acceptors (Lipinski definition) is 4. The minimum absolute atomic E-state index is 0.113. The SMILES string of the molecule is COC(=O)Cc1ccccc1CNC1(CO)CCC1. The summed E-state index contributed by atoms with van der Waals surface area (Å²) in [5, 5.41) is 12.9. The first-order valence-electron chi connectivity index (χ1n) is 6.68. The zero-order chi connectivity index (χ0) is 13.7. The monoisotopic (exact) mass is 263 g/mol. The van der Waals surface area contributed by atoms with E-state index in [0.29, 0.717) is 13.0 Å². The molecule has 1 saturated carbocycles. The molecular formula is C15H21NO3. The van der Waals surface area contributed by atoms with Crippen LogP contribution in [0.2, 0.25) is 0 Å². The van der Waals surface area contributed by atoms with Crippen molar-refractivity contribution in [2.75, 3.05) is 13.7 Å². The fourth-order valence-corrected chi connectivity index (χ4v) is 2.41. The molecule has 4 heteroatoms. The quantitative estimate of drug-likeness (QED) is 0.762. The summed E-state index contributed by atoms with van der Waals surface area (Å²) in [7, 11) is 1.40. The second-order valence-electron chi connectivity index (χ2n) is 5.17. The molecule has 0 atom stereocenters. The summed E-state index contributed by atoms with van der Waals surface area (Å²) < 4.78 is 4.71. The van der Waals surface area contributed by atoms with Crippen LogP contribution in [0.15, 0.2) is 24.3 Å². The fourth-order valence-electron chi connectivity index (χ4n) is 2.41. The Morgan fingerprint density at radius 1 is 1.37 bits per heavy atom. The van der Waals surface area contributed by atoms with Gasteiger partial charge in [-0.2, -0.15) is 0 Å². The summed E-state index contributed by atoms with van der Waals surface area (Å²) in [6.07, 6.45) is 3.49. The van der Waals surface area contributed by atoms with Gasteiger partial charge >= 0.3 is 5.97 Å². The Balaban J connectivity index is 2.01. The number of aliphatic hydroxyl groups is 1. The summed E-state index contributed by atoms with van der Waals surface area (Å²) in [6.45, 7) is 0.847. The van der Waals surface area contributed by atoms with Crippen LogP contribution in [0.3, 0.4) is 0 Å². The Morgan fingerprint density at radius 3 is 2.58 bits per heavy atom. The number of benzene rings is 1. The topological polar surface area (TPSA) is 58.6 Å². The third-order valence-corrected chi connectivity index (χ3v) is 3.95. The van der Waals surface area contributed by atoms with Crippen LogP contribution in [0.1, 0.15) is 30.4 Å². The van der Waals surface area contributed by atoms with Gasteiger partial charge in [0, 0.05) is 12.1 Å². The predicted molar refractivity (Wildman–Crippen MR) is 72.7 cm³/mol. The molecule has 1 aliphatic carbocycles. The molecule has 0 amide bonds. The molecule has 19 heavy (non-hydrogen) atoms. The second-order valence-corrected chi connectivity index (χ2v) is 5.17. The highest BCUT2D eigenvalue weighted by Gasteiger charge is 2.35. The van der Waals surface area contributed by atoms with Crippen LogP contribution in [-0.2, 0) is 22.5 Å². The summed E-state index contributed by atoms with van der Waals surface area (Å²) in [4.78, 5) is 11.4. The summed E-state index contributed by atoms with van der Waals surface area (Å²) in [5.41, 5.74) is 1.96. The average molecular weight is 263 g/mol. The summed E-state index contributed by atoms with van der Waals surface area (Å²) >= 11 is 0. The average Bonchev–Trinajstić information content (AvgIpc) is 2.39. The Labute approximate surface area is 113 Å². The third kappa shape index (κ3) is 3.33. The van der Waals surface area contributed by atoms with Gasteiger partial charge in [0.15, 0.2) is 0 Å². The maximum atomic E-state index is 11.4. The number of esters is 1. The molecule has 1 aliphatic rings. The van der Waals surface area contributed by atoms with E-state index in [2.05, 4.69) is 5.32 Å². The molecule has 1 aromatic carbocycles. The Bertz CT molecular complexity index is 435. The van der Waals surface area contributed by atoms with Crippen LogP contribution in [-0.4, -0.2) is 30.3 Å². The van der Waals surface area contributed by atoms with Crippen molar-refractivity contribution in [3.63, 3.8) is 0 Å². The van der Waals surface area contributed by atoms with Gasteiger partial charge < -0.3 is 15.2 Å². The van der Waals surface area contributed by atoms with E-state index in [1.165, 1.54) is 7.11 Å². The first-order chi connectivity index (χ1) is 9.19. The highest BCUT2D eigenvalue weighted by atomic mass is 16.5. The van der Waals surface area contributed by atoms with E-state index in [-0.39, 0.29) is 18.1 Å². The van der Waals surface area contributed by atoms with Crippen molar-refractivity contribution in [3.8, 4) is 0 Å². The van der Waals surface area contributed by atoms with Crippen LogP contribution in [0.25, 0.3) is 0 Å². The molecule has 2 N–H and O–H groups in total. The van der Waals surface area contributed by atoms with Crippen LogP contribution in [0, 0.1) is 0 Å². The van der Waals surface area contributed by atoms with Crippen molar-refractivity contribution in [1.82, 2.24) is 5.32 Å². The maximum Gasteiger partial charge on any atom is 0.309 e. The number of hydrogen-bond donors (Lipinski definition) is 2. The number of rotatable bonds is 6. The first-order valence-corrected chi connectivity index (χ1v) is 6.68. The van der Waals surface area contributed by atoms with Crippen molar-refractivity contribution in [2.24, 2.45) is 0 Å². The highest BCUT2D eigenvalue weighted by molar-refractivity contribution is 5.72. The normalized spacial score (nSPS) is 16.7. The Kier molecular flexibility index (Phi) is 4.56. The lowest BCUT2D eigenvalue weighted by molar-refractivity contribution is -0.139. The van der Waals surface area contributed by atoms with Crippen molar-refractivity contribution in [3.05, 3.63) is 35.4 Å². The fraction of sp³-hybridized carbons (Fsp3) is 0.533. The Hall–Kier alpha value is -1.39. The van der Waals surface area contributed by atoms with Gasteiger partial charge in [-0.1, -0.05) is 24.3 Å². The molecule has 0 aliphatic heterocycles. The zero-order valence-electron chi connectivity index (χ0n) is 11.3. The number of nitrogens with one attached hydrogen (secondary N) is 1. The van der Waals surface area contributed by atoms with Crippen molar-refractivity contribution in [1.29, 1.82) is 0 Å². The number of methoxy groups -OCH3 is 1. The molecule has 0 heterocycles. The van der Waals surface area contributed by atoms with Crippen LogP contribution in [0.4, 0.5) is 0 Å². The molecule has 0 radical (unpaired) electrons. The second kappa shape index (κ2) is 6.17. The molecule has 0 unspecified atom stereocenters. The van der Waals surface area contributed by atoms with Crippen molar-refractivity contribution >= 4 is 5.97 Å². The summed E-state index contributed by atoms with van der Waals surface area (Å²) in [6, 6.07) is 7.84. The van der Waals surface area contributed by atoms with Gasteiger partial charge in [0.25, 0.3) is 0 Å². The van der Waals surface area contributed by atoms with Gasteiger partial charge in [0.05, 0.1) is 20.1 Å². The van der Waals surface area contributed by atoms with Gasteiger partial charge in [-0.15, -0.1) is 0 Å². The molecular weight excluding hydrogens is 242 g/mol. The van der Waals surface area contributed by atoms with E-state index in [4.69, 9.17) is 4.74 Å². The highest BCUT2D eigenvalue weighted by Crippen LogP contribution is 2.31. The van der Waals surface area contributed by atoms with E-state index in [0.717, 1.165) is 30.4 Å². The molecule has 1 fully saturated rings. The first kappa shape index (κ1) is 14.0. The smallest absolute Gasteiger partial charge is 0.309 e. The molecule has 0 aromatic heterocycles. The lowest BCUT2D eigenvalue weighted by atomic mass is 9.77. The standard InChI is InChI=1S/C15H21NO3/c1-19-14(18)9-12-5-2-3-6-13(12)10-16-15(11-17)7-4-8-15/h2-3,5-6,16-17H,4,7-11H2,1H3. The molecule has 0 bridgehead atoms. The van der Waals surface area contributed by atoms with E-state index >= 15 is 0 Å². The predicted octanol–water partition coefficient (Wildman–Crippen LogP) is 1.41. The number of ether oxygens (including phenoxy) is 1. The van der Waals surface area contributed by atoms with Crippen molar-refractivity contribution in [2.45, 2.75) is 37.8 Å². The Morgan fingerprint density at radius 2 is 2.05 bits per heavy atom. The van der Waals surface area contributed by atoms with E-state index < -0.39 is 0 Å². The van der Waals surface area contributed by atoms with E-state index in [1.807, 2.05) is 24.3 Å². The van der Waals surface area contributed by atoms with Crippen LogP contribution < -0.4 is 5.32 Å². The van der Waals surface area contributed by atoms with Crippen LogP contribution >= 0.6 is 0 Å². The van der Waals surface area contributed by atoms with Crippen LogP contribution in [0.5, 0.6) is 0 Å². The van der Waals surface area contributed by atoms with Gasteiger partial charge in [0.2, 0.25) is 0 Å². The minimum atomic E-state index is -0.229. The number of carbonyl (C=O) groups is 1. The maximum absolute atomic E-state index is 11.4. The lowest BCUT2D eigenvalue weighted by Crippen LogP contribution is -2.53. The minimum Gasteiger partial charge on any atom is -0.469 e. The van der Waals surface area contributed by atoms with Gasteiger partial charge in [0.1, 0.15) is 0 Å². The van der Waals surface area contributed by atoms with Gasteiger partial charge in [-0.25, -0.2) is 0 Å². The molecule has 104 valence electrons. The number of aliphatic hydroxyl groups excluding tert-OH is 1. The molecule has 0 spiro atoms. The zero-order valence-corrected chi connectivity index (χ0v) is 11.3.